The van der Waals surface area contributed by atoms with Crippen LogP contribution in [0.5, 0.6) is 0 Å². The number of halogens is 1. The fraction of sp³-hybridized carbons (Fsp3) is 0.412. The molecule has 1 saturated heterocycles. The summed E-state index contributed by atoms with van der Waals surface area (Å²) in [6.07, 6.45) is 0. The van der Waals surface area contributed by atoms with Gasteiger partial charge in [-0.25, -0.2) is 14.2 Å². The molecule has 2 aromatic rings. The number of nitrogens with zero attached hydrogens (tertiary/aromatic N) is 2. The number of rotatable bonds is 4. The monoisotopic (exact) mass is 334 g/mol. The Bertz CT molecular complexity index is 779. The largest absolute Gasteiger partial charge is 0.479 e. The highest BCUT2D eigenvalue weighted by atomic mass is 19.1. The molecule has 1 aromatic carbocycles. The van der Waals surface area contributed by atoms with Crippen LogP contribution in [0.25, 0.3) is 10.9 Å². The van der Waals surface area contributed by atoms with Gasteiger partial charge in [-0.2, -0.15) is 0 Å². The zero-order chi connectivity index (χ0) is 17.3. The third-order valence-electron chi connectivity index (χ3n) is 4.19. The van der Waals surface area contributed by atoms with Gasteiger partial charge in [0.1, 0.15) is 11.3 Å². The molecule has 0 amide bonds. The fourth-order valence-corrected chi connectivity index (χ4v) is 3.08. The van der Waals surface area contributed by atoms with Crippen LogP contribution in [-0.4, -0.2) is 55.1 Å². The highest BCUT2D eigenvalue weighted by molar-refractivity contribution is 5.93. The smallest absolute Gasteiger partial charge is 0.340 e. The number of aromatic nitrogens is 1. The maximum atomic E-state index is 14.1. The summed E-state index contributed by atoms with van der Waals surface area (Å²) in [7, 11) is 1.44. The molecule has 1 atom stereocenters. The van der Waals surface area contributed by atoms with Gasteiger partial charge in [0.2, 0.25) is 5.60 Å². The lowest BCUT2D eigenvalue weighted by Crippen LogP contribution is -2.59. The van der Waals surface area contributed by atoms with Crippen molar-refractivity contribution in [3.05, 3.63) is 35.8 Å². The predicted molar refractivity (Wildman–Crippen MR) is 86.8 cm³/mol. The second-order valence-electron chi connectivity index (χ2n) is 5.92. The average Bonchev–Trinajstić information content (AvgIpc) is 2.55. The summed E-state index contributed by atoms with van der Waals surface area (Å²) in [6, 6.07) is 6.61. The number of ether oxygens (including phenoxy) is 2. The number of carboxylic acid groups (broad SMARTS) is 1. The number of carboxylic acids is 1. The third-order valence-corrected chi connectivity index (χ3v) is 4.19. The van der Waals surface area contributed by atoms with E-state index in [0.29, 0.717) is 17.6 Å². The summed E-state index contributed by atoms with van der Waals surface area (Å²) in [5.41, 5.74) is 0.263. The molecule has 0 saturated carbocycles. The molecular formula is C17H19FN2O4. The van der Waals surface area contributed by atoms with E-state index in [1.807, 2.05) is 11.0 Å². The first-order chi connectivity index (χ1) is 11.5. The molecule has 1 aliphatic rings. The van der Waals surface area contributed by atoms with Gasteiger partial charge >= 0.3 is 5.97 Å². The second-order valence-corrected chi connectivity index (χ2v) is 5.92. The van der Waals surface area contributed by atoms with Crippen molar-refractivity contribution in [1.29, 1.82) is 0 Å². The van der Waals surface area contributed by atoms with Crippen molar-refractivity contribution in [2.45, 2.75) is 12.5 Å². The number of carbonyl (C=O) groups is 1. The van der Waals surface area contributed by atoms with Gasteiger partial charge in [-0.05, 0) is 19.1 Å². The first-order valence-electron chi connectivity index (χ1n) is 7.64. The van der Waals surface area contributed by atoms with Crippen molar-refractivity contribution in [1.82, 2.24) is 4.98 Å². The first kappa shape index (κ1) is 16.6. The van der Waals surface area contributed by atoms with E-state index < -0.39 is 17.4 Å². The topological polar surface area (TPSA) is 71.9 Å². The van der Waals surface area contributed by atoms with E-state index in [1.165, 1.54) is 13.2 Å². The Morgan fingerprint density at radius 2 is 2.33 bits per heavy atom. The van der Waals surface area contributed by atoms with Gasteiger partial charge in [0, 0.05) is 30.4 Å². The van der Waals surface area contributed by atoms with Crippen LogP contribution in [0.15, 0.2) is 24.3 Å². The Morgan fingerprint density at radius 3 is 3.04 bits per heavy atom. The minimum absolute atomic E-state index is 0.0603. The molecule has 1 fully saturated rings. The van der Waals surface area contributed by atoms with E-state index in [1.54, 1.807) is 19.1 Å². The van der Waals surface area contributed by atoms with Gasteiger partial charge in [-0.3, -0.25) is 0 Å². The number of benzene rings is 1. The molecule has 0 bridgehead atoms. The van der Waals surface area contributed by atoms with Crippen molar-refractivity contribution in [2.75, 3.05) is 38.3 Å². The molecule has 3 rings (SSSR count). The zero-order valence-electron chi connectivity index (χ0n) is 13.6. The first-order valence-corrected chi connectivity index (χ1v) is 7.64. The van der Waals surface area contributed by atoms with Gasteiger partial charge in [-0.15, -0.1) is 0 Å². The molecule has 7 heteroatoms. The van der Waals surface area contributed by atoms with Gasteiger partial charge in [-0.1, -0.05) is 12.1 Å². The number of hydrogen-bond acceptors (Lipinski definition) is 5. The molecule has 2 heterocycles. The third kappa shape index (κ3) is 2.81. The standard InChI is InChI=1S/C17H19FN2O4/c1-11-8-14(12-4-3-5-13(18)15(12)19-11)20-6-7-24-17(9-20,10-23-2)16(21)22/h3-5,8H,6-7,9-10H2,1-2H3,(H,21,22). The second kappa shape index (κ2) is 6.33. The average molecular weight is 334 g/mol. The van der Waals surface area contributed by atoms with E-state index in [4.69, 9.17) is 9.47 Å². The maximum absolute atomic E-state index is 14.1. The Morgan fingerprint density at radius 1 is 1.54 bits per heavy atom. The lowest BCUT2D eigenvalue weighted by atomic mass is 10.0. The zero-order valence-corrected chi connectivity index (χ0v) is 13.6. The Hall–Kier alpha value is -2.25. The van der Waals surface area contributed by atoms with E-state index in [0.717, 1.165) is 5.69 Å². The summed E-state index contributed by atoms with van der Waals surface area (Å²) < 4.78 is 24.7. The molecule has 6 nitrogen and oxygen atoms in total. The maximum Gasteiger partial charge on any atom is 0.340 e. The van der Waals surface area contributed by atoms with E-state index >= 15 is 0 Å². The van der Waals surface area contributed by atoms with Crippen LogP contribution in [-0.2, 0) is 14.3 Å². The molecule has 0 aliphatic carbocycles. The van der Waals surface area contributed by atoms with E-state index in [9.17, 15) is 14.3 Å². The SMILES string of the molecule is COCC1(C(=O)O)CN(c2cc(C)nc3c(F)cccc23)CCO1. The van der Waals surface area contributed by atoms with Crippen molar-refractivity contribution >= 4 is 22.6 Å². The quantitative estimate of drug-likeness (QED) is 0.922. The molecule has 1 aliphatic heterocycles. The van der Waals surface area contributed by atoms with Gasteiger partial charge in [0.25, 0.3) is 0 Å². The molecule has 24 heavy (non-hydrogen) atoms. The lowest BCUT2D eigenvalue weighted by molar-refractivity contribution is -0.175. The van der Waals surface area contributed by atoms with Crippen LogP contribution in [0.1, 0.15) is 5.69 Å². The fourth-order valence-electron chi connectivity index (χ4n) is 3.08. The highest BCUT2D eigenvalue weighted by Crippen LogP contribution is 2.31. The Balaban J connectivity index is 2.07. The minimum Gasteiger partial charge on any atom is -0.479 e. The van der Waals surface area contributed by atoms with E-state index in [2.05, 4.69) is 4.98 Å². The molecule has 1 N–H and O–H groups in total. The number of aryl methyl sites for hydroxylation is 1. The molecule has 128 valence electrons. The Labute approximate surface area is 138 Å². The molecular weight excluding hydrogens is 315 g/mol. The number of methoxy groups -OCH3 is 1. The van der Waals surface area contributed by atoms with Crippen LogP contribution < -0.4 is 4.90 Å². The Kier molecular flexibility index (Phi) is 4.38. The van der Waals surface area contributed by atoms with Crippen LogP contribution >= 0.6 is 0 Å². The van der Waals surface area contributed by atoms with Gasteiger partial charge in [0.05, 0.1) is 19.8 Å². The summed E-state index contributed by atoms with van der Waals surface area (Å²) in [6.45, 7) is 2.59. The van der Waals surface area contributed by atoms with Crippen LogP contribution in [0.4, 0.5) is 10.1 Å². The van der Waals surface area contributed by atoms with Crippen molar-refractivity contribution in [2.24, 2.45) is 0 Å². The molecule has 0 spiro atoms. The van der Waals surface area contributed by atoms with Gasteiger partial charge in [0.15, 0.2) is 0 Å². The van der Waals surface area contributed by atoms with Crippen LogP contribution in [0.3, 0.4) is 0 Å². The summed E-state index contributed by atoms with van der Waals surface area (Å²) >= 11 is 0. The summed E-state index contributed by atoms with van der Waals surface area (Å²) in [5, 5.41) is 10.2. The predicted octanol–water partition coefficient (Wildman–Crippen LogP) is 1.99. The minimum atomic E-state index is -1.44. The van der Waals surface area contributed by atoms with Crippen molar-refractivity contribution < 1.29 is 23.8 Å². The number of aliphatic carboxylic acids is 1. The number of hydrogen-bond donors (Lipinski definition) is 1. The van der Waals surface area contributed by atoms with Crippen molar-refractivity contribution in [3.8, 4) is 0 Å². The number of fused-ring (bicyclic) bond motifs is 1. The molecule has 1 aromatic heterocycles. The highest BCUT2D eigenvalue weighted by Gasteiger charge is 2.44. The molecule has 0 radical (unpaired) electrons. The summed E-state index contributed by atoms with van der Waals surface area (Å²) in [5.74, 6) is -1.47. The normalized spacial score (nSPS) is 21.2. The lowest BCUT2D eigenvalue weighted by Gasteiger charge is -2.40. The number of anilines is 1. The number of morpholine rings is 1. The van der Waals surface area contributed by atoms with Gasteiger partial charge < -0.3 is 19.5 Å². The van der Waals surface area contributed by atoms with Crippen LogP contribution in [0.2, 0.25) is 0 Å². The number of pyridine rings is 1. The van der Waals surface area contributed by atoms with Crippen molar-refractivity contribution in [3.63, 3.8) is 0 Å². The number of para-hydroxylation sites is 1. The summed E-state index contributed by atoms with van der Waals surface area (Å²) in [4.78, 5) is 17.9. The van der Waals surface area contributed by atoms with Crippen LogP contribution in [0, 0.1) is 12.7 Å². The van der Waals surface area contributed by atoms with E-state index in [-0.39, 0.29) is 25.3 Å². The molecule has 1 unspecified atom stereocenters.